The second-order valence-electron chi connectivity index (χ2n) is 8.72. The van der Waals surface area contributed by atoms with Gasteiger partial charge in [0.25, 0.3) is 0 Å². The largest absolute Gasteiger partial charge is 0.396 e. The Hall–Kier alpha value is -1.88. The van der Waals surface area contributed by atoms with Crippen molar-refractivity contribution in [3.8, 4) is 12.3 Å². The Morgan fingerprint density at radius 1 is 1.52 bits per heavy atom. The molecule has 1 amide bonds. The number of terminal acetylenes is 1. The summed E-state index contributed by atoms with van der Waals surface area (Å²) in [6.07, 6.45) is 8.94. The molecule has 4 N–H and O–H groups in total. The van der Waals surface area contributed by atoms with E-state index >= 15 is 0 Å². The predicted molar refractivity (Wildman–Crippen MR) is 116 cm³/mol. The van der Waals surface area contributed by atoms with E-state index in [1.165, 1.54) is 0 Å². The van der Waals surface area contributed by atoms with E-state index in [0.29, 0.717) is 19.4 Å². The lowest BCUT2D eigenvalue weighted by atomic mass is 9.47. The first kappa shape index (κ1) is 21.8. The van der Waals surface area contributed by atoms with Gasteiger partial charge in [-0.2, -0.15) is 0 Å². The zero-order valence-corrected chi connectivity index (χ0v) is 18.0. The highest BCUT2D eigenvalue weighted by Gasteiger charge is 2.59. The first-order valence-corrected chi connectivity index (χ1v) is 10.9. The van der Waals surface area contributed by atoms with Crippen molar-refractivity contribution < 1.29 is 15.0 Å². The minimum atomic E-state index is -0.614. The van der Waals surface area contributed by atoms with Gasteiger partial charge in [0.15, 0.2) is 5.13 Å². The number of aromatic nitrogens is 1. The Bertz CT molecular complexity index is 817. The van der Waals surface area contributed by atoms with Crippen LogP contribution >= 0.6 is 11.3 Å². The molecular weight excluding hydrogens is 386 g/mol. The number of thiazole rings is 1. The van der Waals surface area contributed by atoms with E-state index in [1.54, 1.807) is 17.4 Å². The third-order valence-corrected chi connectivity index (χ3v) is 8.12. The molecular formula is C22H31N3O3S. The Morgan fingerprint density at radius 2 is 2.28 bits per heavy atom. The normalized spacial score (nSPS) is 33.1. The SMILES string of the molecule is C#CCNC(=O)C[C@@H]1c2nc(NCC=C)sc2C[C@@H]2[C@](C)(CO)[C@H](O)CC[C@]21C. The zero-order valence-electron chi connectivity index (χ0n) is 17.2. The van der Waals surface area contributed by atoms with Crippen molar-refractivity contribution in [2.75, 3.05) is 25.0 Å². The van der Waals surface area contributed by atoms with Gasteiger partial charge in [-0.05, 0) is 30.6 Å². The summed E-state index contributed by atoms with van der Waals surface area (Å²) >= 11 is 1.59. The van der Waals surface area contributed by atoms with Crippen LogP contribution in [-0.2, 0) is 11.2 Å². The number of hydrogen-bond donors (Lipinski definition) is 4. The molecule has 0 bridgehead atoms. The van der Waals surface area contributed by atoms with Gasteiger partial charge in [-0.15, -0.1) is 24.3 Å². The highest BCUT2D eigenvalue weighted by Crippen LogP contribution is 2.62. The summed E-state index contributed by atoms with van der Waals surface area (Å²) in [7, 11) is 0. The molecule has 1 fully saturated rings. The van der Waals surface area contributed by atoms with Crippen molar-refractivity contribution in [1.29, 1.82) is 0 Å². The monoisotopic (exact) mass is 417 g/mol. The van der Waals surface area contributed by atoms with Crippen molar-refractivity contribution in [1.82, 2.24) is 10.3 Å². The fourth-order valence-electron chi connectivity index (χ4n) is 5.29. The van der Waals surface area contributed by atoms with Gasteiger partial charge >= 0.3 is 0 Å². The topological polar surface area (TPSA) is 94.5 Å². The number of aliphatic hydroxyl groups excluding tert-OH is 2. The third-order valence-electron chi connectivity index (χ3n) is 7.07. The van der Waals surface area contributed by atoms with E-state index in [1.807, 2.05) is 6.92 Å². The number of carbonyl (C=O) groups excluding carboxylic acids is 1. The molecule has 0 aliphatic heterocycles. The van der Waals surface area contributed by atoms with Crippen LogP contribution in [0.3, 0.4) is 0 Å². The van der Waals surface area contributed by atoms with Crippen molar-refractivity contribution in [2.45, 2.75) is 51.6 Å². The Balaban J connectivity index is 2.03. The van der Waals surface area contributed by atoms with Gasteiger partial charge in [0.05, 0.1) is 24.9 Å². The van der Waals surface area contributed by atoms with Gasteiger partial charge in [0.2, 0.25) is 5.91 Å². The number of fused-ring (bicyclic) bond motifs is 2. The van der Waals surface area contributed by atoms with Crippen LogP contribution in [0.15, 0.2) is 12.7 Å². The molecule has 0 spiro atoms. The molecule has 1 aromatic heterocycles. The van der Waals surface area contributed by atoms with Crippen LogP contribution in [-0.4, -0.2) is 46.9 Å². The molecule has 1 saturated carbocycles. The van der Waals surface area contributed by atoms with Crippen LogP contribution < -0.4 is 10.6 Å². The average Bonchev–Trinajstić information content (AvgIpc) is 3.12. The summed E-state index contributed by atoms with van der Waals surface area (Å²) < 4.78 is 0. The molecule has 0 radical (unpaired) electrons. The molecule has 6 nitrogen and oxygen atoms in total. The van der Waals surface area contributed by atoms with Gasteiger partial charge in [-0.25, -0.2) is 4.98 Å². The summed E-state index contributed by atoms with van der Waals surface area (Å²) in [4.78, 5) is 18.6. The van der Waals surface area contributed by atoms with Crippen LogP contribution in [0.2, 0.25) is 0 Å². The van der Waals surface area contributed by atoms with Gasteiger partial charge in [-0.1, -0.05) is 25.8 Å². The Morgan fingerprint density at radius 3 is 2.93 bits per heavy atom. The highest BCUT2D eigenvalue weighted by molar-refractivity contribution is 7.15. The lowest BCUT2D eigenvalue weighted by Crippen LogP contribution is -2.57. The first-order valence-electron chi connectivity index (χ1n) is 10.1. The molecule has 0 aromatic carbocycles. The maximum atomic E-state index is 12.6. The number of carbonyl (C=O) groups is 1. The van der Waals surface area contributed by atoms with E-state index < -0.39 is 11.5 Å². The third kappa shape index (κ3) is 3.81. The molecule has 7 heteroatoms. The quantitative estimate of drug-likeness (QED) is 0.403. The molecule has 2 aliphatic carbocycles. The molecule has 1 heterocycles. The molecule has 29 heavy (non-hydrogen) atoms. The van der Waals surface area contributed by atoms with E-state index in [9.17, 15) is 15.0 Å². The fraction of sp³-hybridized carbons (Fsp3) is 0.636. The minimum absolute atomic E-state index is 0.0504. The molecule has 2 aliphatic rings. The maximum absolute atomic E-state index is 12.6. The van der Waals surface area contributed by atoms with E-state index in [0.717, 1.165) is 28.5 Å². The summed E-state index contributed by atoms with van der Waals surface area (Å²) in [5, 5.41) is 27.8. The van der Waals surface area contributed by atoms with Crippen molar-refractivity contribution >= 4 is 22.4 Å². The minimum Gasteiger partial charge on any atom is -0.396 e. The van der Waals surface area contributed by atoms with E-state index in [-0.39, 0.29) is 36.3 Å². The maximum Gasteiger partial charge on any atom is 0.221 e. The molecule has 3 rings (SSSR count). The summed E-state index contributed by atoms with van der Waals surface area (Å²) in [5.41, 5.74) is 0.102. The van der Waals surface area contributed by atoms with E-state index in [4.69, 9.17) is 11.4 Å². The second-order valence-corrected chi connectivity index (χ2v) is 9.80. The lowest BCUT2D eigenvalue weighted by molar-refractivity contribution is -0.144. The van der Waals surface area contributed by atoms with Gasteiger partial charge in [0.1, 0.15) is 0 Å². The van der Waals surface area contributed by atoms with Crippen molar-refractivity contribution in [2.24, 2.45) is 16.7 Å². The molecule has 0 saturated heterocycles. The Kier molecular flexibility index (Phi) is 6.37. The molecule has 158 valence electrons. The number of nitrogens with zero attached hydrogens (tertiary/aromatic N) is 1. The number of hydrogen-bond acceptors (Lipinski definition) is 6. The lowest BCUT2D eigenvalue weighted by Gasteiger charge is -2.58. The summed E-state index contributed by atoms with van der Waals surface area (Å²) in [6.45, 7) is 8.64. The summed E-state index contributed by atoms with van der Waals surface area (Å²) in [6, 6.07) is 0. The average molecular weight is 418 g/mol. The van der Waals surface area contributed by atoms with Gasteiger partial charge in [0, 0.05) is 29.2 Å². The first-order chi connectivity index (χ1) is 13.8. The highest BCUT2D eigenvalue weighted by atomic mass is 32.1. The molecule has 5 atom stereocenters. The second kappa shape index (κ2) is 8.47. The number of amides is 1. The standard InChI is InChI=1S/C22H31N3O3S/c1-5-9-23-18(28)11-14-19-15(29-20(25-19)24-10-6-2)12-16-21(14,3)8-7-17(27)22(16,4)13-26/h1,6,14,16-17,26-27H,2,7-13H2,3-4H3,(H,23,28)(H,24,25)/t14-,16+,17-,21+,22+/m1/s1. The van der Waals surface area contributed by atoms with Gasteiger partial charge < -0.3 is 20.8 Å². The number of nitrogens with one attached hydrogen (secondary N) is 2. The number of anilines is 1. The fourth-order valence-corrected chi connectivity index (χ4v) is 6.36. The molecule has 1 aromatic rings. The van der Waals surface area contributed by atoms with Crippen LogP contribution in [0.25, 0.3) is 0 Å². The van der Waals surface area contributed by atoms with Crippen molar-refractivity contribution in [3.63, 3.8) is 0 Å². The van der Waals surface area contributed by atoms with Gasteiger partial charge in [-0.3, -0.25) is 4.79 Å². The van der Waals surface area contributed by atoms with Crippen LogP contribution in [0.5, 0.6) is 0 Å². The van der Waals surface area contributed by atoms with Crippen molar-refractivity contribution in [3.05, 3.63) is 23.2 Å². The molecule has 0 unspecified atom stereocenters. The predicted octanol–water partition coefficient (Wildman–Crippen LogP) is 2.30. The summed E-state index contributed by atoms with van der Waals surface area (Å²) in [5.74, 6) is 2.31. The van der Waals surface area contributed by atoms with E-state index in [2.05, 4.69) is 30.1 Å². The Labute approximate surface area is 176 Å². The zero-order chi connectivity index (χ0) is 21.2. The van der Waals surface area contributed by atoms with Crippen LogP contribution in [0.4, 0.5) is 5.13 Å². The number of rotatable bonds is 7. The smallest absolute Gasteiger partial charge is 0.221 e. The number of aliphatic hydroxyl groups is 2. The van der Waals surface area contributed by atoms with Crippen LogP contribution in [0.1, 0.15) is 49.6 Å². The van der Waals surface area contributed by atoms with Crippen LogP contribution in [0, 0.1) is 29.1 Å².